The monoisotopic (exact) mass is 520 g/mol. The Morgan fingerprint density at radius 1 is 1.05 bits per heavy atom. The molecule has 204 valence electrons. The van der Waals surface area contributed by atoms with Crippen molar-refractivity contribution in [3.05, 3.63) is 35.5 Å². The summed E-state index contributed by atoms with van der Waals surface area (Å²) in [5.74, 6) is 2.09. The zero-order chi connectivity index (χ0) is 26.8. The van der Waals surface area contributed by atoms with Crippen LogP contribution in [0.4, 0.5) is 17.2 Å². The normalized spacial score (nSPS) is 21.7. The number of hydrogen-bond donors (Lipinski definition) is 2. The van der Waals surface area contributed by atoms with E-state index in [2.05, 4.69) is 34.8 Å². The molecule has 1 saturated carbocycles. The van der Waals surface area contributed by atoms with Crippen LogP contribution in [0.1, 0.15) is 63.0 Å². The molecule has 0 atom stereocenters. The molecule has 2 N–H and O–H groups in total. The first kappa shape index (κ1) is 26.3. The average Bonchev–Trinajstić information content (AvgIpc) is 3.16. The van der Waals surface area contributed by atoms with E-state index in [9.17, 15) is 14.4 Å². The molecule has 1 saturated heterocycles. The van der Waals surface area contributed by atoms with Crippen molar-refractivity contribution in [2.45, 2.75) is 65.3 Å². The molecule has 0 unspecified atom stereocenters. The Balaban J connectivity index is 1.13. The quantitative estimate of drug-likeness (QED) is 0.623. The Morgan fingerprint density at radius 3 is 2.50 bits per heavy atom. The van der Waals surface area contributed by atoms with Gasteiger partial charge in [-0.15, -0.1) is 0 Å². The van der Waals surface area contributed by atoms with Crippen molar-refractivity contribution < 1.29 is 14.4 Å². The van der Waals surface area contributed by atoms with Gasteiger partial charge in [0.25, 0.3) is 0 Å². The molecule has 9 heteroatoms. The van der Waals surface area contributed by atoms with Gasteiger partial charge in [0, 0.05) is 51.5 Å². The number of benzene rings is 1. The molecule has 3 amide bonds. The Bertz CT molecular complexity index is 1190. The van der Waals surface area contributed by atoms with Crippen LogP contribution >= 0.6 is 0 Å². The van der Waals surface area contributed by atoms with Gasteiger partial charge in [-0.3, -0.25) is 19.1 Å². The zero-order valence-corrected chi connectivity index (χ0v) is 22.8. The first-order valence-electron chi connectivity index (χ1n) is 14.0. The van der Waals surface area contributed by atoms with Gasteiger partial charge in [0.1, 0.15) is 5.82 Å². The number of rotatable bonds is 5. The lowest BCUT2D eigenvalue weighted by molar-refractivity contribution is -0.130. The predicted molar refractivity (Wildman–Crippen MR) is 147 cm³/mol. The highest BCUT2D eigenvalue weighted by Crippen LogP contribution is 2.39. The second-order valence-electron chi connectivity index (χ2n) is 11.4. The highest BCUT2D eigenvalue weighted by Gasteiger charge is 2.33. The summed E-state index contributed by atoms with van der Waals surface area (Å²) < 4.78 is 1.82. The molecule has 2 aliphatic heterocycles. The van der Waals surface area contributed by atoms with Gasteiger partial charge in [0.2, 0.25) is 17.7 Å². The number of amides is 3. The van der Waals surface area contributed by atoms with Gasteiger partial charge in [-0.05, 0) is 75.0 Å². The number of hydrogen-bond acceptors (Lipinski definition) is 5. The lowest BCUT2D eigenvalue weighted by Crippen LogP contribution is -2.40. The minimum absolute atomic E-state index is 0.0132. The molecule has 1 aromatic heterocycles. The highest BCUT2D eigenvalue weighted by atomic mass is 16.2. The topological polar surface area (TPSA) is 99.6 Å². The van der Waals surface area contributed by atoms with Crippen LogP contribution < -0.4 is 15.5 Å². The lowest BCUT2D eigenvalue weighted by atomic mass is 9.81. The number of carbonyl (C=O) groups excluding carboxylic acids is 3. The summed E-state index contributed by atoms with van der Waals surface area (Å²) in [6.45, 7) is 6.36. The number of nitrogens with zero attached hydrogens (tertiary/aromatic N) is 4. The molecule has 1 aromatic carbocycles. The van der Waals surface area contributed by atoms with Crippen LogP contribution in [-0.2, 0) is 28.0 Å². The Morgan fingerprint density at radius 2 is 1.79 bits per heavy atom. The van der Waals surface area contributed by atoms with Gasteiger partial charge in [0.05, 0.1) is 24.1 Å². The van der Waals surface area contributed by atoms with Gasteiger partial charge in [-0.2, -0.15) is 5.10 Å². The summed E-state index contributed by atoms with van der Waals surface area (Å²) in [6.07, 6.45) is 7.75. The van der Waals surface area contributed by atoms with Crippen LogP contribution in [0, 0.1) is 24.7 Å². The van der Waals surface area contributed by atoms with Crippen molar-refractivity contribution in [2.75, 3.05) is 29.9 Å². The second kappa shape index (κ2) is 11.2. The highest BCUT2D eigenvalue weighted by molar-refractivity contribution is 5.99. The fourth-order valence-electron chi connectivity index (χ4n) is 6.20. The van der Waals surface area contributed by atoms with Gasteiger partial charge >= 0.3 is 0 Å². The van der Waals surface area contributed by atoms with E-state index in [1.165, 1.54) is 0 Å². The third-order valence-electron chi connectivity index (χ3n) is 8.62. The molecule has 0 radical (unpaired) electrons. The minimum atomic E-state index is -0.0132. The summed E-state index contributed by atoms with van der Waals surface area (Å²) >= 11 is 0. The Kier molecular flexibility index (Phi) is 7.72. The van der Waals surface area contributed by atoms with Crippen LogP contribution in [0.5, 0.6) is 0 Å². The molecular formula is C29H40N6O3. The number of aryl methyl sites for hydroxylation is 2. The van der Waals surface area contributed by atoms with Crippen molar-refractivity contribution in [2.24, 2.45) is 24.8 Å². The third-order valence-corrected chi connectivity index (χ3v) is 8.62. The van der Waals surface area contributed by atoms with Crippen LogP contribution in [0.15, 0.2) is 24.4 Å². The summed E-state index contributed by atoms with van der Waals surface area (Å²) in [7, 11) is 1.91. The van der Waals surface area contributed by atoms with E-state index in [0.29, 0.717) is 31.3 Å². The summed E-state index contributed by atoms with van der Waals surface area (Å²) in [4.78, 5) is 41.7. The molecule has 2 fully saturated rings. The fourth-order valence-corrected chi connectivity index (χ4v) is 6.20. The van der Waals surface area contributed by atoms with Crippen molar-refractivity contribution in [3.63, 3.8) is 0 Å². The van der Waals surface area contributed by atoms with Gasteiger partial charge in [-0.1, -0.05) is 6.07 Å². The largest absolute Gasteiger partial charge is 0.356 e. The van der Waals surface area contributed by atoms with E-state index in [-0.39, 0.29) is 23.6 Å². The lowest BCUT2D eigenvalue weighted by Gasteiger charge is -2.33. The third kappa shape index (κ3) is 5.71. The maximum atomic E-state index is 13.8. The number of carbonyl (C=O) groups is 3. The number of aromatic nitrogens is 2. The molecule has 5 rings (SSSR count). The molecule has 1 aliphatic carbocycles. The Labute approximate surface area is 224 Å². The maximum Gasteiger partial charge on any atom is 0.230 e. The smallest absolute Gasteiger partial charge is 0.230 e. The van der Waals surface area contributed by atoms with Crippen LogP contribution in [0.3, 0.4) is 0 Å². The molecule has 3 heterocycles. The molecule has 9 nitrogen and oxygen atoms in total. The maximum absolute atomic E-state index is 13.8. The predicted octanol–water partition coefficient (Wildman–Crippen LogP) is 3.89. The molecule has 0 spiro atoms. The van der Waals surface area contributed by atoms with Crippen LogP contribution in [0.25, 0.3) is 0 Å². The van der Waals surface area contributed by atoms with Crippen molar-refractivity contribution >= 4 is 34.9 Å². The van der Waals surface area contributed by atoms with Gasteiger partial charge < -0.3 is 20.4 Å². The zero-order valence-electron chi connectivity index (χ0n) is 22.8. The summed E-state index contributed by atoms with van der Waals surface area (Å²) in [6, 6.07) is 6.19. The SMILES string of the molecule is CC(=O)N1CCC(CC(=O)NCC2CCC(C(=O)N3Cc4cnn(C)c4Nc4cc(C)ccc43)CC2)CC1. The van der Waals surface area contributed by atoms with E-state index >= 15 is 0 Å². The first-order valence-corrected chi connectivity index (χ1v) is 14.0. The number of likely N-dealkylation sites (tertiary alicyclic amines) is 1. The summed E-state index contributed by atoms with van der Waals surface area (Å²) in [5, 5.41) is 11.0. The first-order chi connectivity index (χ1) is 18.3. The fraction of sp³-hybridized carbons (Fsp3) is 0.586. The van der Waals surface area contributed by atoms with Crippen LogP contribution in [-0.4, -0.2) is 52.0 Å². The van der Waals surface area contributed by atoms with E-state index in [4.69, 9.17) is 0 Å². The van der Waals surface area contributed by atoms with Crippen LogP contribution in [0.2, 0.25) is 0 Å². The van der Waals surface area contributed by atoms with E-state index in [1.54, 1.807) is 6.92 Å². The molecule has 3 aliphatic rings. The van der Waals surface area contributed by atoms with Crippen molar-refractivity contribution in [1.82, 2.24) is 20.0 Å². The van der Waals surface area contributed by atoms with E-state index in [1.807, 2.05) is 33.8 Å². The molecule has 38 heavy (non-hydrogen) atoms. The molecular weight excluding hydrogens is 480 g/mol. The molecule has 2 aromatic rings. The van der Waals surface area contributed by atoms with E-state index in [0.717, 1.165) is 79.9 Å². The number of piperidine rings is 1. The number of nitrogens with one attached hydrogen (secondary N) is 2. The Hall–Kier alpha value is -3.36. The minimum Gasteiger partial charge on any atom is -0.356 e. The van der Waals surface area contributed by atoms with E-state index < -0.39 is 0 Å². The second-order valence-corrected chi connectivity index (χ2v) is 11.4. The average molecular weight is 521 g/mol. The molecule has 0 bridgehead atoms. The standard InChI is InChI=1S/C29H40N6O3/c1-19-4-9-26-25(14-19)32-28-24(17-31-33(28)3)18-35(26)29(38)23-7-5-22(6-8-23)16-30-27(37)15-21-10-12-34(13-11-21)20(2)36/h4,9,14,17,21-23,32H,5-8,10-13,15-16,18H2,1-3H3,(H,30,37). The number of fused-ring (bicyclic) bond motifs is 2. The van der Waals surface area contributed by atoms with Gasteiger partial charge in [-0.25, -0.2) is 0 Å². The van der Waals surface area contributed by atoms with Crippen molar-refractivity contribution in [1.29, 1.82) is 0 Å². The number of anilines is 3. The van der Waals surface area contributed by atoms with Gasteiger partial charge in [0.15, 0.2) is 0 Å². The summed E-state index contributed by atoms with van der Waals surface area (Å²) in [5.41, 5.74) is 4.00. The van der Waals surface area contributed by atoms with Crippen molar-refractivity contribution in [3.8, 4) is 0 Å².